The van der Waals surface area contributed by atoms with E-state index in [1.165, 1.54) is 6.42 Å². The van der Waals surface area contributed by atoms with Crippen LogP contribution in [-0.2, 0) is 23.9 Å². The van der Waals surface area contributed by atoms with Crippen LogP contribution in [0.3, 0.4) is 0 Å². The number of nitrogens with one attached hydrogen (secondary N) is 2. The summed E-state index contributed by atoms with van der Waals surface area (Å²) in [7, 11) is 0. The zero-order valence-electron chi connectivity index (χ0n) is 20.9. The van der Waals surface area contributed by atoms with Crippen molar-refractivity contribution in [3.8, 4) is 0 Å². The largest absolute Gasteiger partial charge is 0.376 e. The van der Waals surface area contributed by atoms with Crippen molar-refractivity contribution in [1.29, 1.82) is 0 Å². The number of nitrogens with zero attached hydrogens (tertiary/aromatic N) is 1. The number of carbonyl (C=O) groups excluding carboxylic acids is 3. The summed E-state index contributed by atoms with van der Waals surface area (Å²) in [6.07, 6.45) is 10.8. The smallest absolute Gasteiger partial charge is 0.246 e. The molecule has 2 bridgehead atoms. The molecule has 2 N–H and O–H groups in total. The van der Waals surface area contributed by atoms with E-state index in [4.69, 9.17) is 9.47 Å². The average Bonchev–Trinajstić information content (AvgIpc) is 3.48. The van der Waals surface area contributed by atoms with Crippen LogP contribution in [-0.4, -0.2) is 70.7 Å². The maximum atomic E-state index is 14.0. The molecular weight excluding hydrogens is 434 g/mol. The van der Waals surface area contributed by atoms with Crippen LogP contribution in [0.25, 0.3) is 0 Å². The maximum Gasteiger partial charge on any atom is 0.246 e. The molecule has 1 aliphatic carbocycles. The minimum Gasteiger partial charge on any atom is -0.376 e. The van der Waals surface area contributed by atoms with Crippen molar-refractivity contribution >= 4 is 17.7 Å². The standard InChI is InChI=1S/C26H39N3O5/c1-24(2,3)28-22(31)20-26-13-12-25(4,34-26)18(21(30)27-16-9-6-5-7-10-16)19(26)23(32)29(20)15-17-11-8-14-33-17/h12-13,16-20H,5-11,14-15H2,1-4H3,(H,27,30)(H,28,31)/t17-,18-,19-,20-,25+,26-/m0/s1. The molecule has 3 saturated heterocycles. The quantitative estimate of drug-likeness (QED) is 0.596. The van der Waals surface area contributed by atoms with Crippen molar-refractivity contribution in [3.63, 3.8) is 0 Å². The summed E-state index contributed by atoms with van der Waals surface area (Å²) in [5, 5.41) is 6.28. The van der Waals surface area contributed by atoms with Crippen molar-refractivity contribution < 1.29 is 23.9 Å². The zero-order valence-corrected chi connectivity index (χ0v) is 20.9. The Morgan fingerprint density at radius 1 is 1.09 bits per heavy atom. The van der Waals surface area contributed by atoms with Gasteiger partial charge in [-0.25, -0.2) is 0 Å². The number of hydrogen-bond acceptors (Lipinski definition) is 5. The molecule has 0 unspecified atom stereocenters. The Balaban J connectivity index is 1.47. The fraction of sp³-hybridized carbons (Fsp3) is 0.808. The number of carbonyl (C=O) groups is 3. The summed E-state index contributed by atoms with van der Waals surface area (Å²) in [4.78, 5) is 42.9. The van der Waals surface area contributed by atoms with E-state index in [2.05, 4.69) is 10.6 Å². The number of hydrogen-bond donors (Lipinski definition) is 2. The maximum absolute atomic E-state index is 14.0. The Labute approximate surface area is 202 Å². The van der Waals surface area contributed by atoms with Crippen LogP contribution in [0.2, 0.25) is 0 Å². The van der Waals surface area contributed by atoms with E-state index in [1.807, 2.05) is 39.8 Å². The second-order valence-electron chi connectivity index (χ2n) is 12.0. The monoisotopic (exact) mass is 473 g/mol. The lowest BCUT2D eigenvalue weighted by Crippen LogP contribution is -2.58. The highest BCUT2D eigenvalue weighted by Crippen LogP contribution is 2.59. The molecule has 8 nitrogen and oxygen atoms in total. The van der Waals surface area contributed by atoms with Crippen LogP contribution in [0.15, 0.2) is 12.2 Å². The van der Waals surface area contributed by atoms with Crippen LogP contribution in [0.4, 0.5) is 0 Å². The molecule has 5 aliphatic rings. The summed E-state index contributed by atoms with van der Waals surface area (Å²) in [5.74, 6) is -1.94. The minimum atomic E-state index is -1.14. The first kappa shape index (κ1) is 23.8. The molecule has 188 valence electrons. The molecule has 1 saturated carbocycles. The second kappa shape index (κ2) is 8.33. The lowest BCUT2D eigenvalue weighted by molar-refractivity contribution is -0.147. The lowest BCUT2D eigenvalue weighted by Gasteiger charge is -2.35. The molecule has 0 aromatic rings. The van der Waals surface area contributed by atoms with E-state index in [0.717, 1.165) is 38.5 Å². The topological polar surface area (TPSA) is 97.0 Å². The Kier molecular flexibility index (Phi) is 5.83. The Bertz CT molecular complexity index is 885. The van der Waals surface area contributed by atoms with Crippen molar-refractivity contribution in [2.75, 3.05) is 13.2 Å². The van der Waals surface area contributed by atoms with Gasteiger partial charge in [-0.05, 0) is 53.4 Å². The molecule has 8 heteroatoms. The van der Waals surface area contributed by atoms with Gasteiger partial charge in [-0.1, -0.05) is 31.4 Å². The molecule has 0 aromatic carbocycles. The van der Waals surface area contributed by atoms with Crippen LogP contribution >= 0.6 is 0 Å². The van der Waals surface area contributed by atoms with Crippen molar-refractivity contribution in [3.05, 3.63) is 12.2 Å². The molecule has 0 aromatic heterocycles. The van der Waals surface area contributed by atoms with E-state index in [9.17, 15) is 14.4 Å². The Morgan fingerprint density at radius 2 is 1.82 bits per heavy atom. The van der Waals surface area contributed by atoms with Crippen LogP contribution in [0.5, 0.6) is 0 Å². The summed E-state index contributed by atoms with van der Waals surface area (Å²) in [6.45, 7) is 8.65. The average molecular weight is 474 g/mol. The van der Waals surface area contributed by atoms with Gasteiger partial charge >= 0.3 is 0 Å². The second-order valence-corrected chi connectivity index (χ2v) is 12.0. The van der Waals surface area contributed by atoms with E-state index in [-0.39, 0.29) is 29.9 Å². The van der Waals surface area contributed by atoms with E-state index in [0.29, 0.717) is 13.2 Å². The van der Waals surface area contributed by atoms with Crippen molar-refractivity contribution in [1.82, 2.24) is 15.5 Å². The molecule has 34 heavy (non-hydrogen) atoms. The summed E-state index contributed by atoms with van der Waals surface area (Å²) >= 11 is 0. The highest BCUT2D eigenvalue weighted by Gasteiger charge is 2.76. The summed E-state index contributed by atoms with van der Waals surface area (Å²) in [5.41, 5.74) is -2.52. The van der Waals surface area contributed by atoms with Gasteiger partial charge in [0.2, 0.25) is 17.7 Å². The number of rotatable bonds is 5. The van der Waals surface area contributed by atoms with Gasteiger partial charge in [0.05, 0.1) is 23.5 Å². The SMILES string of the molecule is CC(C)(C)NC(=O)[C@@H]1N(C[C@@H]2CCCO2)C(=O)[C@@H]2[C@@H](C(=O)NC3CCCCC3)[C@@]3(C)C=C[C@]21O3. The van der Waals surface area contributed by atoms with E-state index < -0.39 is 34.6 Å². The minimum absolute atomic E-state index is 0.101. The number of fused-ring (bicyclic) bond motifs is 1. The molecular formula is C26H39N3O5. The first-order valence-electron chi connectivity index (χ1n) is 13.0. The van der Waals surface area contributed by atoms with Crippen LogP contribution < -0.4 is 10.6 Å². The van der Waals surface area contributed by atoms with Crippen molar-refractivity contribution in [2.24, 2.45) is 11.8 Å². The van der Waals surface area contributed by atoms with Gasteiger partial charge in [0.25, 0.3) is 0 Å². The molecule has 4 fully saturated rings. The summed E-state index contributed by atoms with van der Waals surface area (Å²) in [6, 6.07) is -0.692. The highest BCUT2D eigenvalue weighted by molar-refractivity contribution is 6.00. The Hall–Kier alpha value is -1.93. The first-order chi connectivity index (χ1) is 16.0. The van der Waals surface area contributed by atoms with Gasteiger partial charge in [0.1, 0.15) is 11.6 Å². The van der Waals surface area contributed by atoms with Gasteiger partial charge in [-0.3, -0.25) is 14.4 Å². The van der Waals surface area contributed by atoms with Gasteiger partial charge in [-0.15, -0.1) is 0 Å². The van der Waals surface area contributed by atoms with Crippen LogP contribution in [0.1, 0.15) is 72.6 Å². The van der Waals surface area contributed by atoms with Gasteiger partial charge in [0.15, 0.2) is 0 Å². The number of amides is 3. The molecule has 5 rings (SSSR count). The first-order valence-corrected chi connectivity index (χ1v) is 13.0. The number of ether oxygens (including phenoxy) is 2. The van der Waals surface area contributed by atoms with Gasteiger partial charge in [0, 0.05) is 24.7 Å². The zero-order chi connectivity index (χ0) is 24.3. The van der Waals surface area contributed by atoms with Gasteiger partial charge in [-0.2, -0.15) is 0 Å². The third-order valence-electron chi connectivity index (χ3n) is 8.20. The van der Waals surface area contributed by atoms with Crippen molar-refractivity contribution in [2.45, 2.75) is 108 Å². The van der Waals surface area contributed by atoms with E-state index >= 15 is 0 Å². The Morgan fingerprint density at radius 3 is 2.47 bits per heavy atom. The third-order valence-corrected chi connectivity index (χ3v) is 8.20. The molecule has 3 amide bonds. The molecule has 4 heterocycles. The fourth-order valence-corrected chi connectivity index (χ4v) is 6.81. The molecule has 1 spiro atoms. The van der Waals surface area contributed by atoms with E-state index in [1.54, 1.807) is 4.90 Å². The molecule has 4 aliphatic heterocycles. The summed E-state index contributed by atoms with van der Waals surface area (Å²) < 4.78 is 12.4. The predicted octanol–water partition coefficient (Wildman–Crippen LogP) is 2.07. The predicted molar refractivity (Wildman–Crippen MR) is 126 cm³/mol. The number of likely N-dealkylation sites (tertiary alicyclic amines) is 1. The third kappa shape index (κ3) is 3.87. The highest BCUT2D eigenvalue weighted by atomic mass is 16.5. The van der Waals surface area contributed by atoms with Crippen LogP contribution in [0, 0.1) is 11.8 Å². The molecule has 0 radical (unpaired) electrons. The normalized spacial score (nSPS) is 39.5. The van der Waals surface area contributed by atoms with Gasteiger partial charge < -0.3 is 25.0 Å². The lowest BCUT2D eigenvalue weighted by atomic mass is 9.70. The fourth-order valence-electron chi connectivity index (χ4n) is 6.81. The molecule has 6 atom stereocenters.